The van der Waals surface area contributed by atoms with Crippen LogP contribution in [0.25, 0.3) is 0 Å². The Bertz CT molecular complexity index is 389. The van der Waals surface area contributed by atoms with Gasteiger partial charge in [-0.2, -0.15) is 0 Å². The van der Waals surface area contributed by atoms with Crippen molar-refractivity contribution in [1.82, 2.24) is 0 Å². The Labute approximate surface area is 84.3 Å². The molecule has 0 aliphatic heterocycles. The van der Waals surface area contributed by atoms with Crippen molar-refractivity contribution in [3.63, 3.8) is 0 Å². The SMILES string of the molecule is CC(=N)/C=C\C(=N)c1ccccc1C. The van der Waals surface area contributed by atoms with Crippen molar-refractivity contribution in [2.24, 2.45) is 0 Å². The summed E-state index contributed by atoms with van der Waals surface area (Å²) in [6.07, 6.45) is 3.29. The first kappa shape index (κ1) is 10.4. The van der Waals surface area contributed by atoms with Crippen LogP contribution in [0.15, 0.2) is 36.4 Å². The standard InChI is InChI=1S/C12H14N2/c1-9-5-3-4-6-11(9)12(14)8-7-10(2)13/h3-8,13-14H,1-2H3/b8-7-,13-10?,14-12?. The van der Waals surface area contributed by atoms with Gasteiger partial charge < -0.3 is 10.8 Å². The minimum absolute atomic E-state index is 0.453. The first-order valence-corrected chi connectivity index (χ1v) is 4.49. The Hall–Kier alpha value is -1.70. The lowest BCUT2D eigenvalue weighted by Crippen LogP contribution is -1.98. The average Bonchev–Trinajstić information content (AvgIpc) is 2.15. The second kappa shape index (κ2) is 4.51. The monoisotopic (exact) mass is 186 g/mol. The molecule has 0 heterocycles. The lowest BCUT2D eigenvalue weighted by atomic mass is 10.0. The fourth-order valence-electron chi connectivity index (χ4n) is 1.17. The second-order valence-electron chi connectivity index (χ2n) is 3.24. The number of rotatable bonds is 3. The van der Waals surface area contributed by atoms with Gasteiger partial charge in [-0.3, -0.25) is 0 Å². The molecule has 0 atom stereocenters. The zero-order chi connectivity index (χ0) is 10.6. The third-order valence-corrected chi connectivity index (χ3v) is 1.94. The summed E-state index contributed by atoms with van der Waals surface area (Å²) < 4.78 is 0. The van der Waals surface area contributed by atoms with E-state index in [2.05, 4.69) is 0 Å². The molecule has 0 radical (unpaired) electrons. The van der Waals surface area contributed by atoms with Crippen LogP contribution in [-0.4, -0.2) is 11.4 Å². The van der Waals surface area contributed by atoms with Gasteiger partial charge >= 0.3 is 0 Å². The van der Waals surface area contributed by atoms with E-state index in [-0.39, 0.29) is 0 Å². The highest BCUT2D eigenvalue weighted by atomic mass is 14.4. The highest BCUT2D eigenvalue weighted by molar-refractivity contribution is 6.10. The van der Waals surface area contributed by atoms with Gasteiger partial charge in [0.05, 0.1) is 5.71 Å². The van der Waals surface area contributed by atoms with E-state index in [1.54, 1.807) is 19.1 Å². The molecular formula is C12H14N2. The average molecular weight is 186 g/mol. The molecule has 2 heteroatoms. The number of hydrogen-bond acceptors (Lipinski definition) is 2. The molecule has 0 spiro atoms. The van der Waals surface area contributed by atoms with E-state index in [9.17, 15) is 0 Å². The summed E-state index contributed by atoms with van der Waals surface area (Å²) in [5, 5.41) is 15.0. The summed E-state index contributed by atoms with van der Waals surface area (Å²) in [6.45, 7) is 3.68. The van der Waals surface area contributed by atoms with E-state index in [1.165, 1.54) is 0 Å². The van der Waals surface area contributed by atoms with Crippen molar-refractivity contribution >= 4 is 11.4 Å². The first-order valence-electron chi connectivity index (χ1n) is 4.49. The van der Waals surface area contributed by atoms with Crippen LogP contribution < -0.4 is 0 Å². The van der Waals surface area contributed by atoms with E-state index in [1.807, 2.05) is 31.2 Å². The molecule has 0 bridgehead atoms. The van der Waals surface area contributed by atoms with E-state index in [0.717, 1.165) is 11.1 Å². The third kappa shape index (κ3) is 2.66. The number of aryl methyl sites for hydroxylation is 1. The predicted octanol–water partition coefficient (Wildman–Crippen LogP) is 2.96. The third-order valence-electron chi connectivity index (χ3n) is 1.94. The van der Waals surface area contributed by atoms with Crippen LogP contribution in [0.1, 0.15) is 18.1 Å². The van der Waals surface area contributed by atoms with Crippen LogP contribution in [0.4, 0.5) is 0 Å². The molecule has 0 fully saturated rings. The van der Waals surface area contributed by atoms with Crippen LogP contribution in [0.5, 0.6) is 0 Å². The fraction of sp³-hybridized carbons (Fsp3) is 0.167. The molecule has 2 N–H and O–H groups in total. The summed E-state index contributed by atoms with van der Waals surface area (Å²) in [4.78, 5) is 0. The van der Waals surface area contributed by atoms with Crippen molar-refractivity contribution in [3.05, 3.63) is 47.5 Å². The molecular weight excluding hydrogens is 172 g/mol. The van der Waals surface area contributed by atoms with Gasteiger partial charge in [0.2, 0.25) is 0 Å². The van der Waals surface area contributed by atoms with Gasteiger partial charge in [-0.1, -0.05) is 24.3 Å². The largest absolute Gasteiger partial charge is 0.306 e. The number of benzene rings is 1. The molecule has 0 unspecified atom stereocenters. The highest BCUT2D eigenvalue weighted by Gasteiger charge is 1.99. The number of nitrogens with one attached hydrogen (secondary N) is 2. The molecule has 0 saturated carbocycles. The molecule has 0 amide bonds. The lowest BCUT2D eigenvalue weighted by molar-refractivity contribution is 1.40. The van der Waals surface area contributed by atoms with Gasteiger partial charge in [-0.15, -0.1) is 0 Å². The lowest BCUT2D eigenvalue weighted by Gasteiger charge is -2.02. The summed E-state index contributed by atoms with van der Waals surface area (Å²) in [6, 6.07) is 7.77. The normalized spacial score (nSPS) is 10.4. The summed E-state index contributed by atoms with van der Waals surface area (Å²) in [5.74, 6) is 0. The van der Waals surface area contributed by atoms with Gasteiger partial charge in [-0.25, -0.2) is 0 Å². The fourth-order valence-corrected chi connectivity index (χ4v) is 1.17. The zero-order valence-electron chi connectivity index (χ0n) is 8.46. The van der Waals surface area contributed by atoms with Gasteiger partial charge in [0.15, 0.2) is 0 Å². The van der Waals surface area contributed by atoms with Gasteiger partial charge in [0.25, 0.3) is 0 Å². The van der Waals surface area contributed by atoms with E-state index < -0.39 is 0 Å². The van der Waals surface area contributed by atoms with Crippen LogP contribution in [0.3, 0.4) is 0 Å². The number of hydrogen-bond donors (Lipinski definition) is 2. The maximum Gasteiger partial charge on any atom is 0.0615 e. The Kier molecular flexibility index (Phi) is 3.35. The van der Waals surface area contributed by atoms with E-state index in [4.69, 9.17) is 10.8 Å². The zero-order valence-corrected chi connectivity index (χ0v) is 8.46. The van der Waals surface area contributed by atoms with Gasteiger partial charge in [-0.05, 0) is 31.6 Å². The highest BCUT2D eigenvalue weighted by Crippen LogP contribution is 2.08. The topological polar surface area (TPSA) is 47.7 Å². The summed E-state index contributed by atoms with van der Waals surface area (Å²) in [5.41, 5.74) is 2.92. The van der Waals surface area contributed by atoms with Crippen molar-refractivity contribution in [3.8, 4) is 0 Å². The maximum absolute atomic E-state index is 7.78. The summed E-state index contributed by atoms with van der Waals surface area (Å²) >= 11 is 0. The molecule has 72 valence electrons. The molecule has 1 aromatic carbocycles. The Morgan fingerprint density at radius 1 is 1.14 bits per heavy atom. The molecule has 1 aromatic rings. The molecule has 1 rings (SSSR count). The molecule has 0 aliphatic rings. The van der Waals surface area contributed by atoms with Crippen LogP contribution in [-0.2, 0) is 0 Å². The second-order valence-corrected chi connectivity index (χ2v) is 3.24. The van der Waals surface area contributed by atoms with Crippen LogP contribution in [0, 0.1) is 17.7 Å². The Balaban J connectivity index is 2.91. The molecule has 0 aromatic heterocycles. The van der Waals surface area contributed by atoms with Crippen molar-refractivity contribution in [1.29, 1.82) is 10.8 Å². The van der Waals surface area contributed by atoms with Crippen molar-refractivity contribution in [2.75, 3.05) is 0 Å². The number of allylic oxidation sites excluding steroid dienone is 2. The minimum atomic E-state index is 0.453. The molecule has 2 nitrogen and oxygen atoms in total. The van der Waals surface area contributed by atoms with Crippen molar-refractivity contribution in [2.45, 2.75) is 13.8 Å². The smallest absolute Gasteiger partial charge is 0.0615 e. The van der Waals surface area contributed by atoms with E-state index >= 15 is 0 Å². The van der Waals surface area contributed by atoms with E-state index in [0.29, 0.717) is 11.4 Å². The summed E-state index contributed by atoms with van der Waals surface area (Å²) in [7, 11) is 0. The minimum Gasteiger partial charge on any atom is -0.306 e. The quantitative estimate of drug-likeness (QED) is 0.682. The predicted molar refractivity (Wildman–Crippen MR) is 60.5 cm³/mol. The molecule has 0 saturated heterocycles. The van der Waals surface area contributed by atoms with Crippen LogP contribution in [0.2, 0.25) is 0 Å². The Morgan fingerprint density at radius 3 is 2.36 bits per heavy atom. The van der Waals surface area contributed by atoms with Gasteiger partial charge in [0, 0.05) is 11.3 Å². The first-order chi connectivity index (χ1) is 6.61. The van der Waals surface area contributed by atoms with Gasteiger partial charge in [0.1, 0.15) is 0 Å². The molecule has 14 heavy (non-hydrogen) atoms. The molecule has 0 aliphatic carbocycles. The Morgan fingerprint density at radius 2 is 1.79 bits per heavy atom. The van der Waals surface area contributed by atoms with Crippen molar-refractivity contribution < 1.29 is 0 Å². The maximum atomic E-state index is 7.78. The van der Waals surface area contributed by atoms with Crippen LogP contribution >= 0.6 is 0 Å².